The van der Waals surface area contributed by atoms with Gasteiger partial charge in [-0.15, -0.1) is 0 Å². The minimum absolute atomic E-state index is 0.204. The van der Waals surface area contributed by atoms with Gasteiger partial charge in [0.1, 0.15) is 11.6 Å². The first-order chi connectivity index (χ1) is 14.9. The Kier molecular flexibility index (Phi) is 6.60. The number of hydrogen-bond acceptors (Lipinski definition) is 5. The lowest BCUT2D eigenvalue weighted by atomic mass is 10.2. The molecule has 0 amide bonds. The highest BCUT2D eigenvalue weighted by Crippen LogP contribution is 2.33. The Bertz CT molecular complexity index is 1040. The zero-order valence-corrected chi connectivity index (χ0v) is 17.5. The summed E-state index contributed by atoms with van der Waals surface area (Å²) in [6, 6.07) is 11.2. The van der Waals surface area contributed by atoms with Crippen LogP contribution in [0.3, 0.4) is 0 Å². The van der Waals surface area contributed by atoms with Gasteiger partial charge in [-0.25, -0.2) is 9.97 Å². The average molecular weight is 451 g/mol. The van der Waals surface area contributed by atoms with Gasteiger partial charge in [0, 0.05) is 37.8 Å². The van der Waals surface area contributed by atoms with Crippen LogP contribution in [0.25, 0.3) is 10.9 Å². The molecule has 0 saturated carbocycles. The third kappa shape index (κ3) is 5.26. The van der Waals surface area contributed by atoms with Gasteiger partial charge >= 0.3 is 6.18 Å². The standard InChI is InChI=1S/C22H22ClF3N4O/c23-18-4-1-3-16-5-6-19(28-21(16)18)30(10-2-9-29-11-13-31-14-12-29)20-15-17(7-8-27-20)22(24,25)26/h1,3-8,15H,2,9-14H2. The largest absolute Gasteiger partial charge is 0.416 e. The van der Waals surface area contributed by atoms with Crippen LogP contribution in [0.15, 0.2) is 48.7 Å². The van der Waals surface area contributed by atoms with Gasteiger partial charge < -0.3 is 9.64 Å². The molecular formula is C22H22ClF3N4O. The van der Waals surface area contributed by atoms with E-state index in [-0.39, 0.29) is 5.82 Å². The van der Waals surface area contributed by atoms with Crippen molar-refractivity contribution in [1.82, 2.24) is 14.9 Å². The number of benzene rings is 1. The molecule has 1 aliphatic heterocycles. The molecule has 4 rings (SSSR count). The van der Waals surface area contributed by atoms with Crippen molar-refractivity contribution in [3.8, 4) is 0 Å². The van der Waals surface area contributed by atoms with E-state index in [4.69, 9.17) is 16.3 Å². The van der Waals surface area contributed by atoms with Gasteiger partial charge in [0.2, 0.25) is 0 Å². The second-order valence-electron chi connectivity index (χ2n) is 7.34. The molecule has 0 aliphatic carbocycles. The van der Waals surface area contributed by atoms with E-state index in [1.165, 1.54) is 6.20 Å². The predicted octanol–water partition coefficient (Wildman–Crippen LogP) is 5.16. The van der Waals surface area contributed by atoms with Crippen molar-refractivity contribution >= 4 is 34.1 Å². The van der Waals surface area contributed by atoms with E-state index in [0.717, 1.165) is 43.6 Å². The molecule has 0 spiro atoms. The number of aromatic nitrogens is 2. The van der Waals surface area contributed by atoms with Crippen molar-refractivity contribution < 1.29 is 17.9 Å². The summed E-state index contributed by atoms with van der Waals surface area (Å²) in [4.78, 5) is 12.9. The fraction of sp³-hybridized carbons (Fsp3) is 0.364. The quantitative estimate of drug-likeness (QED) is 0.518. The molecule has 1 saturated heterocycles. The van der Waals surface area contributed by atoms with Gasteiger partial charge in [-0.2, -0.15) is 13.2 Å². The number of morpholine rings is 1. The highest BCUT2D eigenvalue weighted by atomic mass is 35.5. The SMILES string of the molecule is FC(F)(F)c1ccnc(N(CCCN2CCOCC2)c2ccc3cccc(Cl)c3n2)c1. The molecule has 9 heteroatoms. The van der Waals surface area contributed by atoms with Gasteiger partial charge in [-0.1, -0.05) is 23.7 Å². The summed E-state index contributed by atoms with van der Waals surface area (Å²) < 4.78 is 45.2. The Balaban J connectivity index is 1.64. The van der Waals surface area contributed by atoms with Crippen molar-refractivity contribution in [2.75, 3.05) is 44.3 Å². The predicted molar refractivity (Wildman–Crippen MR) is 115 cm³/mol. The number of halogens is 4. The number of para-hydroxylation sites is 1. The summed E-state index contributed by atoms with van der Waals surface area (Å²) in [5.41, 5.74) is -0.138. The molecule has 0 bridgehead atoms. The average Bonchev–Trinajstić information content (AvgIpc) is 2.77. The smallest absolute Gasteiger partial charge is 0.379 e. The molecule has 0 atom stereocenters. The normalized spacial score (nSPS) is 15.4. The first kappa shape index (κ1) is 21.8. The van der Waals surface area contributed by atoms with Crippen LogP contribution in [0.4, 0.5) is 24.8 Å². The molecule has 3 heterocycles. The summed E-state index contributed by atoms with van der Waals surface area (Å²) in [6.07, 6.45) is -2.53. The molecule has 0 N–H and O–H groups in total. The molecule has 0 unspecified atom stereocenters. The summed E-state index contributed by atoms with van der Waals surface area (Å²) >= 11 is 6.31. The number of alkyl halides is 3. The topological polar surface area (TPSA) is 41.5 Å². The number of nitrogens with zero attached hydrogens (tertiary/aromatic N) is 4. The van der Waals surface area contributed by atoms with E-state index in [1.807, 2.05) is 18.2 Å². The molecule has 2 aromatic heterocycles. The van der Waals surface area contributed by atoms with Crippen molar-refractivity contribution in [1.29, 1.82) is 0 Å². The van der Waals surface area contributed by atoms with E-state index in [9.17, 15) is 13.2 Å². The fourth-order valence-electron chi connectivity index (χ4n) is 3.62. The van der Waals surface area contributed by atoms with Crippen LogP contribution in [0, 0.1) is 0 Å². The molecular weight excluding hydrogens is 429 g/mol. The van der Waals surface area contributed by atoms with Crippen molar-refractivity contribution in [3.63, 3.8) is 0 Å². The van der Waals surface area contributed by atoms with E-state index in [1.54, 1.807) is 17.0 Å². The Hall–Kier alpha value is -2.42. The molecule has 3 aromatic rings. The lowest BCUT2D eigenvalue weighted by Crippen LogP contribution is -2.38. The minimum atomic E-state index is -4.45. The molecule has 164 valence electrons. The first-order valence-electron chi connectivity index (χ1n) is 10.1. The highest BCUT2D eigenvalue weighted by Gasteiger charge is 2.31. The van der Waals surface area contributed by atoms with Crippen molar-refractivity contribution in [2.24, 2.45) is 0 Å². The first-order valence-corrected chi connectivity index (χ1v) is 10.5. The molecule has 0 radical (unpaired) electrons. The second-order valence-corrected chi connectivity index (χ2v) is 7.75. The van der Waals surface area contributed by atoms with Gasteiger partial charge in [0.05, 0.1) is 29.3 Å². The second kappa shape index (κ2) is 9.38. The maximum atomic E-state index is 13.3. The van der Waals surface area contributed by atoms with Gasteiger partial charge in [0.15, 0.2) is 0 Å². The van der Waals surface area contributed by atoms with E-state index in [0.29, 0.717) is 36.1 Å². The van der Waals surface area contributed by atoms with Crippen LogP contribution < -0.4 is 4.90 Å². The summed E-state index contributed by atoms with van der Waals surface area (Å²) in [5, 5.41) is 1.35. The monoisotopic (exact) mass is 450 g/mol. The molecule has 5 nitrogen and oxygen atoms in total. The number of hydrogen-bond donors (Lipinski definition) is 0. The third-order valence-corrected chi connectivity index (χ3v) is 5.55. The third-order valence-electron chi connectivity index (χ3n) is 5.24. The van der Waals surface area contributed by atoms with Gasteiger partial charge in [0.25, 0.3) is 0 Å². The zero-order valence-electron chi connectivity index (χ0n) is 16.8. The maximum absolute atomic E-state index is 13.3. The Morgan fingerprint density at radius 3 is 2.65 bits per heavy atom. The molecule has 31 heavy (non-hydrogen) atoms. The summed E-state index contributed by atoms with van der Waals surface area (Å²) in [6.45, 7) is 4.38. The van der Waals surface area contributed by atoms with Crippen LogP contribution in [-0.4, -0.2) is 54.3 Å². The lowest BCUT2D eigenvalue weighted by Gasteiger charge is -2.28. The van der Waals surface area contributed by atoms with Gasteiger partial charge in [-0.3, -0.25) is 4.90 Å². The molecule has 1 fully saturated rings. The van der Waals surface area contributed by atoms with Crippen LogP contribution >= 0.6 is 11.6 Å². The zero-order chi connectivity index (χ0) is 21.8. The van der Waals surface area contributed by atoms with E-state index < -0.39 is 11.7 Å². The summed E-state index contributed by atoms with van der Waals surface area (Å²) in [7, 11) is 0. The van der Waals surface area contributed by atoms with Crippen molar-refractivity contribution in [3.05, 3.63) is 59.2 Å². The Morgan fingerprint density at radius 2 is 1.87 bits per heavy atom. The fourth-order valence-corrected chi connectivity index (χ4v) is 3.84. The Morgan fingerprint density at radius 1 is 1.06 bits per heavy atom. The number of fused-ring (bicyclic) bond motifs is 1. The molecule has 1 aromatic carbocycles. The number of anilines is 2. The molecule has 1 aliphatic rings. The lowest BCUT2D eigenvalue weighted by molar-refractivity contribution is -0.137. The highest BCUT2D eigenvalue weighted by molar-refractivity contribution is 6.35. The van der Waals surface area contributed by atoms with Crippen LogP contribution in [0.2, 0.25) is 5.02 Å². The van der Waals surface area contributed by atoms with Crippen LogP contribution in [0.5, 0.6) is 0 Å². The number of rotatable bonds is 6. The van der Waals surface area contributed by atoms with E-state index >= 15 is 0 Å². The summed E-state index contributed by atoms with van der Waals surface area (Å²) in [5.74, 6) is 0.713. The van der Waals surface area contributed by atoms with Crippen LogP contribution in [-0.2, 0) is 10.9 Å². The van der Waals surface area contributed by atoms with Crippen molar-refractivity contribution in [2.45, 2.75) is 12.6 Å². The number of pyridine rings is 2. The number of ether oxygens (including phenoxy) is 1. The van der Waals surface area contributed by atoms with Crippen LogP contribution in [0.1, 0.15) is 12.0 Å². The van der Waals surface area contributed by atoms with Gasteiger partial charge in [-0.05, 0) is 36.8 Å². The Labute approximate surface area is 183 Å². The minimum Gasteiger partial charge on any atom is -0.379 e. The maximum Gasteiger partial charge on any atom is 0.416 e. The van der Waals surface area contributed by atoms with E-state index in [2.05, 4.69) is 14.9 Å².